The van der Waals surface area contributed by atoms with Crippen molar-refractivity contribution >= 4 is 0 Å². The Labute approximate surface area is 96.2 Å². The summed E-state index contributed by atoms with van der Waals surface area (Å²) >= 11 is 0. The normalized spacial score (nSPS) is 19.7. The third-order valence-electron chi connectivity index (χ3n) is 3.23. The summed E-state index contributed by atoms with van der Waals surface area (Å²) in [5.41, 5.74) is 1.17. The molecule has 0 aliphatic heterocycles. The van der Waals surface area contributed by atoms with E-state index in [9.17, 15) is 5.11 Å². The van der Waals surface area contributed by atoms with Crippen molar-refractivity contribution in [1.29, 1.82) is 0 Å². The SMILES string of the molecule is COC(C(O)CCc1cnn(C)c1)C1CC1. The van der Waals surface area contributed by atoms with Crippen LogP contribution in [0, 0.1) is 5.92 Å². The topological polar surface area (TPSA) is 47.3 Å². The molecule has 0 saturated heterocycles. The van der Waals surface area contributed by atoms with E-state index in [1.807, 2.05) is 19.4 Å². The average molecular weight is 224 g/mol. The Balaban J connectivity index is 1.80. The molecule has 0 spiro atoms. The van der Waals surface area contributed by atoms with Crippen molar-refractivity contribution in [3.8, 4) is 0 Å². The first-order valence-electron chi connectivity index (χ1n) is 5.89. The van der Waals surface area contributed by atoms with Gasteiger partial charge in [-0.1, -0.05) is 0 Å². The van der Waals surface area contributed by atoms with Gasteiger partial charge in [0, 0.05) is 20.4 Å². The zero-order valence-corrected chi connectivity index (χ0v) is 9.97. The van der Waals surface area contributed by atoms with Crippen LogP contribution in [0.5, 0.6) is 0 Å². The van der Waals surface area contributed by atoms with Crippen LogP contribution in [-0.2, 0) is 18.2 Å². The van der Waals surface area contributed by atoms with Crippen molar-refractivity contribution in [1.82, 2.24) is 9.78 Å². The third-order valence-corrected chi connectivity index (χ3v) is 3.23. The second kappa shape index (κ2) is 4.97. The molecule has 0 radical (unpaired) electrons. The maximum atomic E-state index is 10.0. The van der Waals surface area contributed by atoms with Crippen LogP contribution < -0.4 is 0 Å². The molecule has 2 unspecified atom stereocenters. The van der Waals surface area contributed by atoms with E-state index in [2.05, 4.69) is 5.10 Å². The Morgan fingerprint density at radius 3 is 2.88 bits per heavy atom. The number of aliphatic hydroxyl groups excluding tert-OH is 1. The minimum absolute atomic E-state index is 0.0247. The fourth-order valence-corrected chi connectivity index (χ4v) is 2.17. The van der Waals surface area contributed by atoms with Gasteiger partial charge in [-0.3, -0.25) is 4.68 Å². The molecule has 1 aromatic heterocycles. The highest BCUT2D eigenvalue weighted by Gasteiger charge is 2.35. The number of methoxy groups -OCH3 is 1. The van der Waals surface area contributed by atoms with E-state index in [0.717, 1.165) is 12.8 Å². The number of aliphatic hydroxyl groups is 1. The van der Waals surface area contributed by atoms with Crippen LogP contribution in [0.2, 0.25) is 0 Å². The molecule has 2 atom stereocenters. The molecule has 4 heteroatoms. The Bertz CT molecular complexity index is 334. The highest BCUT2D eigenvalue weighted by atomic mass is 16.5. The van der Waals surface area contributed by atoms with Gasteiger partial charge >= 0.3 is 0 Å². The predicted molar refractivity (Wildman–Crippen MR) is 61.1 cm³/mol. The number of hydrogen-bond donors (Lipinski definition) is 1. The minimum Gasteiger partial charge on any atom is -0.390 e. The monoisotopic (exact) mass is 224 g/mol. The number of ether oxygens (including phenoxy) is 1. The Morgan fingerprint density at radius 2 is 2.38 bits per heavy atom. The van der Waals surface area contributed by atoms with Gasteiger partial charge in [-0.05, 0) is 37.2 Å². The van der Waals surface area contributed by atoms with Crippen molar-refractivity contribution in [2.75, 3.05) is 7.11 Å². The van der Waals surface area contributed by atoms with E-state index in [0.29, 0.717) is 5.92 Å². The van der Waals surface area contributed by atoms with Gasteiger partial charge in [0.15, 0.2) is 0 Å². The number of rotatable bonds is 6. The minimum atomic E-state index is -0.349. The third kappa shape index (κ3) is 2.83. The summed E-state index contributed by atoms with van der Waals surface area (Å²) in [5, 5.41) is 14.1. The van der Waals surface area contributed by atoms with E-state index >= 15 is 0 Å². The van der Waals surface area contributed by atoms with Crippen LogP contribution in [0.1, 0.15) is 24.8 Å². The molecule has 4 nitrogen and oxygen atoms in total. The van der Waals surface area contributed by atoms with Crippen molar-refractivity contribution < 1.29 is 9.84 Å². The summed E-state index contributed by atoms with van der Waals surface area (Å²) in [6, 6.07) is 0. The lowest BCUT2D eigenvalue weighted by Gasteiger charge is -2.20. The van der Waals surface area contributed by atoms with E-state index in [-0.39, 0.29) is 12.2 Å². The van der Waals surface area contributed by atoms with Gasteiger partial charge in [0.25, 0.3) is 0 Å². The van der Waals surface area contributed by atoms with E-state index in [1.54, 1.807) is 11.8 Å². The lowest BCUT2D eigenvalue weighted by molar-refractivity contribution is -0.0276. The van der Waals surface area contributed by atoms with Crippen LogP contribution in [0.4, 0.5) is 0 Å². The van der Waals surface area contributed by atoms with Gasteiger partial charge in [0.1, 0.15) is 0 Å². The summed E-state index contributed by atoms with van der Waals surface area (Å²) in [6.45, 7) is 0. The number of aryl methyl sites for hydroxylation is 2. The summed E-state index contributed by atoms with van der Waals surface area (Å²) in [6.07, 6.45) is 7.53. The molecule has 0 bridgehead atoms. The molecule has 1 aliphatic carbocycles. The molecular weight excluding hydrogens is 204 g/mol. The lowest BCUT2D eigenvalue weighted by atomic mass is 10.0. The van der Waals surface area contributed by atoms with E-state index in [4.69, 9.17) is 4.74 Å². The Kier molecular flexibility index (Phi) is 3.61. The van der Waals surface area contributed by atoms with Gasteiger partial charge in [0.05, 0.1) is 18.4 Å². The average Bonchev–Trinajstić information content (AvgIpc) is 3.00. The molecule has 1 N–H and O–H groups in total. The van der Waals surface area contributed by atoms with Gasteiger partial charge < -0.3 is 9.84 Å². The highest BCUT2D eigenvalue weighted by Crippen LogP contribution is 2.36. The van der Waals surface area contributed by atoms with Crippen molar-refractivity contribution in [2.24, 2.45) is 13.0 Å². The van der Waals surface area contributed by atoms with Crippen LogP contribution in [0.25, 0.3) is 0 Å². The van der Waals surface area contributed by atoms with Crippen molar-refractivity contribution in [2.45, 2.75) is 37.9 Å². The van der Waals surface area contributed by atoms with Crippen LogP contribution in [0.15, 0.2) is 12.4 Å². The highest BCUT2D eigenvalue weighted by molar-refractivity contribution is 5.04. The first-order chi connectivity index (χ1) is 7.70. The molecular formula is C12H20N2O2. The molecule has 0 aromatic carbocycles. The molecule has 1 aliphatic rings. The molecule has 90 valence electrons. The van der Waals surface area contributed by atoms with Crippen molar-refractivity contribution in [3.63, 3.8) is 0 Å². The van der Waals surface area contributed by atoms with Crippen LogP contribution >= 0.6 is 0 Å². The molecule has 1 fully saturated rings. The molecule has 16 heavy (non-hydrogen) atoms. The van der Waals surface area contributed by atoms with E-state index < -0.39 is 0 Å². The van der Waals surface area contributed by atoms with Gasteiger partial charge in [-0.15, -0.1) is 0 Å². The van der Waals surface area contributed by atoms with Crippen LogP contribution in [0.3, 0.4) is 0 Å². The molecule has 2 rings (SSSR count). The number of nitrogens with zero attached hydrogens (tertiary/aromatic N) is 2. The quantitative estimate of drug-likeness (QED) is 0.788. The zero-order chi connectivity index (χ0) is 11.5. The molecule has 1 saturated carbocycles. The molecule has 0 amide bonds. The summed E-state index contributed by atoms with van der Waals surface area (Å²) in [4.78, 5) is 0. The van der Waals surface area contributed by atoms with E-state index in [1.165, 1.54) is 18.4 Å². The van der Waals surface area contributed by atoms with Gasteiger partial charge in [-0.2, -0.15) is 5.10 Å². The largest absolute Gasteiger partial charge is 0.390 e. The summed E-state index contributed by atoms with van der Waals surface area (Å²) in [7, 11) is 3.60. The second-order valence-corrected chi connectivity index (χ2v) is 4.67. The maximum absolute atomic E-state index is 10.0. The van der Waals surface area contributed by atoms with Crippen molar-refractivity contribution in [3.05, 3.63) is 18.0 Å². The first-order valence-corrected chi connectivity index (χ1v) is 5.89. The fraction of sp³-hybridized carbons (Fsp3) is 0.750. The van der Waals surface area contributed by atoms with Gasteiger partial charge in [-0.25, -0.2) is 0 Å². The first kappa shape index (κ1) is 11.6. The second-order valence-electron chi connectivity index (χ2n) is 4.67. The fourth-order valence-electron chi connectivity index (χ4n) is 2.17. The number of aromatic nitrogens is 2. The zero-order valence-electron chi connectivity index (χ0n) is 9.97. The van der Waals surface area contributed by atoms with Gasteiger partial charge in [0.2, 0.25) is 0 Å². The maximum Gasteiger partial charge on any atom is 0.0858 e. The summed E-state index contributed by atoms with van der Waals surface area (Å²) < 4.78 is 7.15. The van der Waals surface area contributed by atoms with Crippen LogP contribution in [-0.4, -0.2) is 34.2 Å². The smallest absolute Gasteiger partial charge is 0.0858 e. The molecule has 1 aromatic rings. The number of hydrogen-bond acceptors (Lipinski definition) is 3. The standard InChI is InChI=1S/C12H20N2O2/c1-14-8-9(7-13-14)3-6-11(15)12(16-2)10-4-5-10/h7-8,10-12,15H,3-6H2,1-2H3. The Morgan fingerprint density at radius 1 is 1.62 bits per heavy atom. The molecule has 1 heterocycles. The predicted octanol–water partition coefficient (Wildman–Crippen LogP) is 1.14. The summed E-state index contributed by atoms with van der Waals surface area (Å²) in [5.74, 6) is 0.578. The lowest BCUT2D eigenvalue weighted by Crippen LogP contribution is -2.30. The Hall–Kier alpha value is -0.870.